The molecule has 0 bridgehead atoms. The van der Waals surface area contributed by atoms with E-state index in [1.54, 1.807) is 6.33 Å². The van der Waals surface area contributed by atoms with E-state index < -0.39 is 0 Å². The second-order valence-electron chi connectivity index (χ2n) is 5.50. The van der Waals surface area contributed by atoms with E-state index in [4.69, 9.17) is 5.73 Å². The molecule has 2 aromatic heterocycles. The van der Waals surface area contributed by atoms with Gasteiger partial charge in [-0.1, -0.05) is 0 Å². The quantitative estimate of drug-likeness (QED) is 0.892. The fourth-order valence-electron chi connectivity index (χ4n) is 3.15. The Bertz CT molecular complexity index is 576. The first-order valence-corrected chi connectivity index (χ1v) is 6.99. The number of pyridine rings is 1. The summed E-state index contributed by atoms with van der Waals surface area (Å²) in [6.07, 6.45) is 5.24. The summed E-state index contributed by atoms with van der Waals surface area (Å²) in [6, 6.07) is 5.14. The van der Waals surface area contributed by atoms with Gasteiger partial charge in [0.05, 0.1) is 0 Å². The molecular weight excluding hydrogens is 238 g/mol. The first-order valence-electron chi connectivity index (χ1n) is 6.99. The van der Waals surface area contributed by atoms with Gasteiger partial charge in [0.2, 0.25) is 0 Å². The fourth-order valence-corrected chi connectivity index (χ4v) is 3.15. The highest BCUT2D eigenvalue weighted by Gasteiger charge is 2.29. The molecule has 2 aromatic rings. The third-order valence-corrected chi connectivity index (χ3v) is 4.07. The molecule has 1 fully saturated rings. The molecule has 0 aliphatic carbocycles. The number of nitrogens with two attached hydrogens (primary N) is 1. The molecule has 0 amide bonds. The number of aryl methyl sites for hydroxylation is 1. The van der Waals surface area contributed by atoms with Crippen molar-refractivity contribution in [1.29, 1.82) is 0 Å². The maximum atomic E-state index is 5.96. The van der Waals surface area contributed by atoms with Gasteiger partial charge in [-0.3, -0.25) is 0 Å². The van der Waals surface area contributed by atoms with Crippen molar-refractivity contribution < 1.29 is 0 Å². The molecule has 3 heterocycles. The summed E-state index contributed by atoms with van der Waals surface area (Å²) in [5.41, 5.74) is 8.08. The topological polar surface area (TPSA) is 59.5 Å². The summed E-state index contributed by atoms with van der Waals surface area (Å²) in [4.78, 5) is 6.73. The lowest BCUT2D eigenvalue weighted by Crippen LogP contribution is -2.49. The Kier molecular flexibility index (Phi) is 3.14. The van der Waals surface area contributed by atoms with Crippen LogP contribution in [0.2, 0.25) is 0 Å². The largest absolute Gasteiger partial charge is 0.350 e. The van der Waals surface area contributed by atoms with Gasteiger partial charge in [0.15, 0.2) is 5.65 Å². The van der Waals surface area contributed by atoms with Crippen molar-refractivity contribution in [3.8, 4) is 0 Å². The highest BCUT2D eigenvalue weighted by molar-refractivity contribution is 5.54. The average Bonchev–Trinajstić information content (AvgIpc) is 2.85. The van der Waals surface area contributed by atoms with E-state index in [9.17, 15) is 0 Å². The van der Waals surface area contributed by atoms with Crippen molar-refractivity contribution >= 4 is 11.5 Å². The zero-order valence-electron chi connectivity index (χ0n) is 11.6. The summed E-state index contributed by atoms with van der Waals surface area (Å²) in [5.74, 6) is 1.12. The maximum absolute atomic E-state index is 5.96. The van der Waals surface area contributed by atoms with Crippen LogP contribution in [0.4, 0.5) is 5.82 Å². The molecule has 2 atom stereocenters. The second-order valence-corrected chi connectivity index (χ2v) is 5.50. The molecular formula is C14H21N5. The molecule has 5 nitrogen and oxygen atoms in total. The van der Waals surface area contributed by atoms with Crippen molar-refractivity contribution in [1.82, 2.24) is 14.6 Å². The van der Waals surface area contributed by atoms with E-state index in [-0.39, 0.29) is 0 Å². The lowest BCUT2D eigenvalue weighted by molar-refractivity contribution is 0.395. The Balaban J connectivity index is 2.13. The van der Waals surface area contributed by atoms with Crippen molar-refractivity contribution in [3.63, 3.8) is 0 Å². The molecule has 2 unspecified atom stereocenters. The van der Waals surface area contributed by atoms with E-state index in [0.717, 1.165) is 17.9 Å². The zero-order valence-corrected chi connectivity index (χ0v) is 11.6. The Morgan fingerprint density at radius 1 is 1.37 bits per heavy atom. The Morgan fingerprint density at radius 2 is 2.21 bits per heavy atom. The van der Waals surface area contributed by atoms with Gasteiger partial charge in [0.1, 0.15) is 12.1 Å². The van der Waals surface area contributed by atoms with Crippen LogP contribution in [0.3, 0.4) is 0 Å². The molecule has 19 heavy (non-hydrogen) atoms. The first-order chi connectivity index (χ1) is 9.20. The number of hydrogen-bond donors (Lipinski definition) is 1. The Labute approximate surface area is 113 Å². The van der Waals surface area contributed by atoms with Gasteiger partial charge in [-0.2, -0.15) is 9.61 Å². The molecule has 102 valence electrons. The number of aromatic nitrogens is 3. The third kappa shape index (κ3) is 2.08. The summed E-state index contributed by atoms with van der Waals surface area (Å²) >= 11 is 0. The van der Waals surface area contributed by atoms with Crippen LogP contribution in [0, 0.1) is 6.92 Å². The Hall–Kier alpha value is -1.62. The number of anilines is 1. The molecule has 3 rings (SSSR count). The van der Waals surface area contributed by atoms with E-state index >= 15 is 0 Å². The van der Waals surface area contributed by atoms with Gasteiger partial charge in [0, 0.05) is 18.6 Å². The summed E-state index contributed by atoms with van der Waals surface area (Å²) in [5, 5.41) is 4.36. The van der Waals surface area contributed by atoms with Crippen LogP contribution < -0.4 is 10.6 Å². The monoisotopic (exact) mass is 259 g/mol. The highest BCUT2D eigenvalue weighted by Crippen LogP contribution is 2.29. The first kappa shape index (κ1) is 12.4. The number of rotatable bonds is 2. The van der Waals surface area contributed by atoms with E-state index in [2.05, 4.69) is 41.0 Å². The summed E-state index contributed by atoms with van der Waals surface area (Å²) < 4.78 is 1.93. The molecule has 0 saturated carbocycles. The van der Waals surface area contributed by atoms with Crippen LogP contribution in [0.5, 0.6) is 0 Å². The maximum Gasteiger partial charge on any atom is 0.157 e. The highest BCUT2D eigenvalue weighted by atomic mass is 15.4. The molecule has 1 aliphatic heterocycles. The molecule has 0 radical (unpaired) electrons. The molecule has 0 spiro atoms. The predicted octanol–water partition coefficient (Wildman–Crippen LogP) is 1.74. The van der Waals surface area contributed by atoms with Crippen molar-refractivity contribution in [2.45, 2.75) is 45.2 Å². The van der Waals surface area contributed by atoms with Gasteiger partial charge in [-0.05, 0) is 50.8 Å². The van der Waals surface area contributed by atoms with Crippen LogP contribution in [0.25, 0.3) is 5.65 Å². The summed E-state index contributed by atoms with van der Waals surface area (Å²) in [7, 11) is 0. The molecule has 1 saturated heterocycles. The Morgan fingerprint density at radius 3 is 3.00 bits per heavy atom. The second kappa shape index (κ2) is 4.81. The van der Waals surface area contributed by atoms with Crippen LogP contribution in [0.1, 0.15) is 31.7 Å². The van der Waals surface area contributed by atoms with Crippen LogP contribution in [-0.4, -0.2) is 33.2 Å². The normalized spacial score (nSPS) is 24.1. The van der Waals surface area contributed by atoms with Crippen LogP contribution in [-0.2, 0) is 0 Å². The fraction of sp³-hybridized carbons (Fsp3) is 0.571. The van der Waals surface area contributed by atoms with E-state index in [0.29, 0.717) is 18.6 Å². The minimum absolute atomic E-state index is 0.401. The van der Waals surface area contributed by atoms with Gasteiger partial charge < -0.3 is 10.6 Å². The van der Waals surface area contributed by atoms with E-state index in [1.165, 1.54) is 18.4 Å². The van der Waals surface area contributed by atoms with Gasteiger partial charge in [0.25, 0.3) is 0 Å². The van der Waals surface area contributed by atoms with Crippen molar-refractivity contribution in [2.24, 2.45) is 5.73 Å². The van der Waals surface area contributed by atoms with Crippen molar-refractivity contribution in [3.05, 3.63) is 24.0 Å². The molecule has 0 aromatic carbocycles. The molecule has 1 aliphatic rings. The zero-order chi connectivity index (χ0) is 13.4. The van der Waals surface area contributed by atoms with Crippen LogP contribution >= 0.6 is 0 Å². The smallest absolute Gasteiger partial charge is 0.157 e. The van der Waals surface area contributed by atoms with Crippen LogP contribution in [0.15, 0.2) is 18.5 Å². The number of hydrogen-bond acceptors (Lipinski definition) is 4. The lowest BCUT2D eigenvalue weighted by Gasteiger charge is -2.41. The average molecular weight is 259 g/mol. The van der Waals surface area contributed by atoms with E-state index in [1.807, 2.05) is 4.52 Å². The van der Waals surface area contributed by atoms with Crippen molar-refractivity contribution in [2.75, 3.05) is 11.4 Å². The predicted molar refractivity (Wildman–Crippen MR) is 76.4 cm³/mol. The van der Waals surface area contributed by atoms with Gasteiger partial charge >= 0.3 is 0 Å². The minimum Gasteiger partial charge on any atom is -0.350 e. The molecule has 2 N–H and O–H groups in total. The van der Waals surface area contributed by atoms with Gasteiger partial charge in [-0.25, -0.2) is 4.98 Å². The number of fused-ring (bicyclic) bond motifs is 1. The third-order valence-electron chi connectivity index (χ3n) is 4.07. The SMILES string of the molecule is Cc1cc(N2C(C)CCCC2CN)n2ncnc2c1. The van der Waals surface area contributed by atoms with Gasteiger partial charge in [-0.15, -0.1) is 0 Å². The number of piperidine rings is 1. The molecule has 5 heteroatoms. The lowest BCUT2D eigenvalue weighted by atomic mass is 9.96. The standard InChI is InChI=1S/C14H21N5/c1-10-6-13-16-9-17-19(13)14(7-10)18-11(2)4-3-5-12(18)8-15/h6-7,9,11-12H,3-5,8,15H2,1-2H3. The minimum atomic E-state index is 0.401. The number of nitrogens with zero attached hydrogens (tertiary/aromatic N) is 4. The summed E-state index contributed by atoms with van der Waals surface area (Å²) in [6.45, 7) is 5.06.